The van der Waals surface area contributed by atoms with Gasteiger partial charge in [0.25, 0.3) is 5.91 Å². The van der Waals surface area contributed by atoms with E-state index in [4.69, 9.17) is 14.2 Å². The molecule has 0 aliphatic rings. The number of halogens is 1. The monoisotopic (exact) mass is 434 g/mol. The lowest BCUT2D eigenvalue weighted by molar-refractivity contribution is -0.123. The van der Waals surface area contributed by atoms with Gasteiger partial charge in [0.15, 0.2) is 18.1 Å². The summed E-state index contributed by atoms with van der Waals surface area (Å²) in [6.07, 6.45) is 1.58. The van der Waals surface area contributed by atoms with Gasteiger partial charge >= 0.3 is 0 Å². The summed E-state index contributed by atoms with van der Waals surface area (Å²) in [5.41, 5.74) is 4.24. The van der Waals surface area contributed by atoms with Crippen molar-refractivity contribution in [3.8, 4) is 17.2 Å². The molecule has 6 nitrogen and oxygen atoms in total. The van der Waals surface area contributed by atoms with Gasteiger partial charge in [-0.1, -0.05) is 15.9 Å². The first-order chi connectivity index (χ1) is 12.9. The van der Waals surface area contributed by atoms with Gasteiger partial charge in [-0.3, -0.25) is 4.79 Å². The number of nitrogens with zero attached hydrogens (tertiary/aromatic N) is 1. The average molecular weight is 435 g/mol. The predicted molar refractivity (Wildman–Crippen MR) is 109 cm³/mol. The van der Waals surface area contributed by atoms with Gasteiger partial charge in [-0.05, 0) is 68.3 Å². The number of benzene rings is 2. The van der Waals surface area contributed by atoms with Crippen molar-refractivity contribution in [1.82, 2.24) is 5.43 Å². The van der Waals surface area contributed by atoms with Gasteiger partial charge in [0.1, 0.15) is 5.75 Å². The zero-order chi connectivity index (χ0) is 19.8. The molecule has 0 unspecified atom stereocenters. The number of hydrazone groups is 1. The lowest BCUT2D eigenvalue weighted by atomic mass is 10.2. The predicted octanol–water partition coefficient (Wildman–Crippen LogP) is 4.08. The van der Waals surface area contributed by atoms with E-state index in [1.165, 1.54) is 6.21 Å². The fourth-order valence-electron chi connectivity index (χ4n) is 2.18. The van der Waals surface area contributed by atoms with E-state index < -0.39 is 0 Å². The van der Waals surface area contributed by atoms with Gasteiger partial charge < -0.3 is 14.2 Å². The SMILES string of the molecule is COc1cc(/C=N/NC(=O)COc2ccc(Br)c(C)c2)ccc1OC(C)C. The number of amides is 1. The van der Waals surface area contributed by atoms with Crippen molar-refractivity contribution < 1.29 is 19.0 Å². The van der Waals surface area contributed by atoms with Gasteiger partial charge in [0.2, 0.25) is 0 Å². The van der Waals surface area contributed by atoms with E-state index in [2.05, 4.69) is 26.5 Å². The Balaban J connectivity index is 1.88. The Morgan fingerprint density at radius 3 is 2.67 bits per heavy atom. The molecule has 0 heterocycles. The van der Waals surface area contributed by atoms with Gasteiger partial charge in [-0.15, -0.1) is 0 Å². The highest BCUT2D eigenvalue weighted by molar-refractivity contribution is 9.10. The quantitative estimate of drug-likeness (QED) is 0.501. The van der Waals surface area contributed by atoms with Crippen molar-refractivity contribution in [3.63, 3.8) is 0 Å². The van der Waals surface area contributed by atoms with Crippen LogP contribution in [0.5, 0.6) is 17.2 Å². The molecule has 0 aliphatic carbocycles. The van der Waals surface area contributed by atoms with Crippen molar-refractivity contribution in [2.45, 2.75) is 26.9 Å². The molecule has 1 amide bonds. The van der Waals surface area contributed by atoms with Crippen molar-refractivity contribution >= 4 is 28.1 Å². The standard InChI is InChI=1S/C20H23BrN2O4/c1-13(2)27-18-8-5-15(10-19(18)25-4)11-22-23-20(24)12-26-16-6-7-17(21)14(3)9-16/h5-11,13H,12H2,1-4H3,(H,23,24)/b22-11+. The summed E-state index contributed by atoms with van der Waals surface area (Å²) in [6.45, 7) is 5.72. The number of hydrogen-bond acceptors (Lipinski definition) is 5. The van der Waals surface area contributed by atoms with E-state index in [0.29, 0.717) is 17.2 Å². The summed E-state index contributed by atoms with van der Waals surface area (Å²) in [5, 5.41) is 3.94. The molecule has 0 radical (unpaired) electrons. The minimum atomic E-state index is -0.349. The van der Waals surface area contributed by atoms with Crippen LogP contribution in [0.3, 0.4) is 0 Å². The van der Waals surface area contributed by atoms with Gasteiger partial charge in [-0.2, -0.15) is 5.10 Å². The molecule has 27 heavy (non-hydrogen) atoms. The Morgan fingerprint density at radius 1 is 1.22 bits per heavy atom. The van der Waals surface area contributed by atoms with Crippen molar-refractivity contribution in [2.75, 3.05) is 13.7 Å². The van der Waals surface area contributed by atoms with Crippen LogP contribution in [-0.4, -0.2) is 31.9 Å². The van der Waals surface area contributed by atoms with Gasteiger partial charge in [-0.25, -0.2) is 5.43 Å². The Morgan fingerprint density at radius 2 is 2.00 bits per heavy atom. The van der Waals surface area contributed by atoms with E-state index in [9.17, 15) is 4.79 Å². The molecule has 0 saturated carbocycles. The molecule has 0 fully saturated rings. The molecule has 2 rings (SSSR count). The zero-order valence-electron chi connectivity index (χ0n) is 15.8. The number of nitrogens with one attached hydrogen (secondary N) is 1. The molecule has 2 aromatic carbocycles. The molecule has 0 saturated heterocycles. The Labute approximate surface area is 167 Å². The third kappa shape index (κ3) is 6.60. The first-order valence-corrected chi connectivity index (χ1v) is 9.24. The summed E-state index contributed by atoms with van der Waals surface area (Å²) < 4.78 is 17.4. The van der Waals surface area contributed by atoms with Crippen molar-refractivity contribution in [2.24, 2.45) is 5.10 Å². The smallest absolute Gasteiger partial charge is 0.277 e. The largest absolute Gasteiger partial charge is 0.493 e. The minimum Gasteiger partial charge on any atom is -0.493 e. The topological polar surface area (TPSA) is 69.2 Å². The first-order valence-electron chi connectivity index (χ1n) is 8.44. The second-order valence-corrected chi connectivity index (χ2v) is 6.92. The van der Waals surface area contributed by atoms with E-state index in [-0.39, 0.29) is 18.6 Å². The Hall–Kier alpha value is -2.54. The normalized spacial score (nSPS) is 10.9. The molecule has 1 N–H and O–H groups in total. The number of carbonyl (C=O) groups is 1. The lowest BCUT2D eigenvalue weighted by Gasteiger charge is -2.13. The number of ether oxygens (including phenoxy) is 3. The molecular formula is C20H23BrN2O4. The highest BCUT2D eigenvalue weighted by atomic mass is 79.9. The minimum absolute atomic E-state index is 0.0484. The van der Waals surface area contributed by atoms with E-state index in [0.717, 1.165) is 15.6 Å². The summed E-state index contributed by atoms with van der Waals surface area (Å²) in [4.78, 5) is 11.9. The molecule has 0 aliphatic heterocycles. The maximum Gasteiger partial charge on any atom is 0.277 e. The first kappa shape index (κ1) is 20.8. The van der Waals surface area contributed by atoms with Crippen LogP contribution in [0.2, 0.25) is 0 Å². The summed E-state index contributed by atoms with van der Waals surface area (Å²) in [5.74, 6) is 1.54. The molecular weight excluding hydrogens is 412 g/mol. The van der Waals surface area contributed by atoms with Crippen LogP contribution in [0.1, 0.15) is 25.0 Å². The van der Waals surface area contributed by atoms with Crippen LogP contribution in [0.4, 0.5) is 0 Å². The maximum atomic E-state index is 11.9. The number of rotatable bonds is 8. The van der Waals surface area contributed by atoms with Crippen molar-refractivity contribution in [1.29, 1.82) is 0 Å². The van der Waals surface area contributed by atoms with Gasteiger partial charge in [0.05, 0.1) is 19.4 Å². The second kappa shape index (κ2) is 9.97. The lowest BCUT2D eigenvalue weighted by Crippen LogP contribution is -2.24. The molecule has 0 bridgehead atoms. The highest BCUT2D eigenvalue weighted by Crippen LogP contribution is 2.28. The molecule has 0 aromatic heterocycles. The fraction of sp³-hybridized carbons (Fsp3) is 0.300. The number of aryl methyl sites for hydroxylation is 1. The summed E-state index contributed by atoms with van der Waals surface area (Å²) in [6, 6.07) is 10.9. The molecule has 0 spiro atoms. The van der Waals surface area contributed by atoms with Crippen LogP contribution in [0.15, 0.2) is 46.0 Å². The molecule has 2 aromatic rings. The van der Waals surface area contributed by atoms with Crippen LogP contribution < -0.4 is 19.6 Å². The number of hydrogen-bond donors (Lipinski definition) is 1. The summed E-state index contributed by atoms with van der Waals surface area (Å²) >= 11 is 3.42. The summed E-state index contributed by atoms with van der Waals surface area (Å²) in [7, 11) is 1.58. The van der Waals surface area contributed by atoms with E-state index in [1.54, 1.807) is 25.3 Å². The molecule has 7 heteroatoms. The third-order valence-corrected chi connectivity index (χ3v) is 4.34. The maximum absolute atomic E-state index is 11.9. The van der Waals surface area contributed by atoms with E-state index >= 15 is 0 Å². The Kier molecular flexibility index (Phi) is 7.67. The zero-order valence-corrected chi connectivity index (χ0v) is 17.4. The van der Waals surface area contributed by atoms with Crippen LogP contribution in [-0.2, 0) is 4.79 Å². The number of methoxy groups -OCH3 is 1. The van der Waals surface area contributed by atoms with Crippen molar-refractivity contribution in [3.05, 3.63) is 52.0 Å². The average Bonchev–Trinajstić information content (AvgIpc) is 2.63. The third-order valence-electron chi connectivity index (χ3n) is 3.45. The molecule has 144 valence electrons. The van der Waals surface area contributed by atoms with Gasteiger partial charge in [0, 0.05) is 4.47 Å². The molecule has 0 atom stereocenters. The fourth-order valence-corrected chi connectivity index (χ4v) is 2.43. The number of carbonyl (C=O) groups excluding carboxylic acids is 1. The van der Waals surface area contributed by atoms with E-state index in [1.807, 2.05) is 39.0 Å². The van der Waals surface area contributed by atoms with Crippen LogP contribution in [0.25, 0.3) is 0 Å². The van der Waals surface area contributed by atoms with Crippen LogP contribution in [0, 0.1) is 6.92 Å². The Bertz CT molecular complexity index is 822. The van der Waals surface area contributed by atoms with Crippen LogP contribution >= 0.6 is 15.9 Å². The second-order valence-electron chi connectivity index (χ2n) is 6.07. The highest BCUT2D eigenvalue weighted by Gasteiger charge is 2.07.